The highest BCUT2D eigenvalue weighted by atomic mass is 35.5. The third-order valence-corrected chi connectivity index (χ3v) is 5.85. The molecule has 0 saturated carbocycles. The van der Waals surface area contributed by atoms with Crippen molar-refractivity contribution in [3.8, 4) is 5.75 Å². The number of carbonyl (C=O) groups excluding carboxylic acids is 1. The minimum absolute atomic E-state index is 0.127. The molecule has 8 heteroatoms. The fourth-order valence-corrected chi connectivity index (χ4v) is 3.60. The van der Waals surface area contributed by atoms with E-state index in [9.17, 15) is 13.2 Å². The van der Waals surface area contributed by atoms with Crippen LogP contribution >= 0.6 is 11.6 Å². The van der Waals surface area contributed by atoms with Gasteiger partial charge in [-0.1, -0.05) is 11.6 Å². The molecule has 3 aromatic rings. The Kier molecular flexibility index (Phi) is 5.43. The Bertz CT molecular complexity index is 1040. The highest BCUT2D eigenvalue weighted by molar-refractivity contribution is 7.92. The quantitative estimate of drug-likeness (QED) is 0.479. The van der Waals surface area contributed by atoms with Crippen LogP contribution in [0.3, 0.4) is 0 Å². The molecule has 0 amide bonds. The number of sulfonamides is 1. The predicted molar refractivity (Wildman–Crippen MR) is 103 cm³/mol. The number of benzene rings is 2. The van der Waals surface area contributed by atoms with Crippen LogP contribution in [0.25, 0.3) is 0 Å². The maximum absolute atomic E-state index is 12.7. The summed E-state index contributed by atoms with van der Waals surface area (Å²) in [7, 11) is -2.28. The summed E-state index contributed by atoms with van der Waals surface area (Å²) < 4.78 is 31.8. The highest BCUT2D eigenvalue weighted by Crippen LogP contribution is 2.25. The number of nitrogens with zero attached hydrogens (tertiary/aromatic N) is 2. The molecular formula is C19H15ClN2O4S. The molecule has 0 unspecified atom stereocenters. The third-order valence-electron chi connectivity index (χ3n) is 3.80. The van der Waals surface area contributed by atoms with E-state index in [2.05, 4.69) is 4.98 Å². The van der Waals surface area contributed by atoms with Gasteiger partial charge in [-0.15, -0.1) is 0 Å². The summed E-state index contributed by atoms with van der Waals surface area (Å²) >= 11 is 5.81. The van der Waals surface area contributed by atoms with Gasteiger partial charge in [0.15, 0.2) is 0 Å². The van der Waals surface area contributed by atoms with Gasteiger partial charge in [0.1, 0.15) is 5.75 Å². The Morgan fingerprint density at radius 1 is 0.963 bits per heavy atom. The molecule has 1 heterocycles. The fraction of sp³-hybridized carbons (Fsp3) is 0.0526. The molecule has 138 valence electrons. The standard InChI is InChI=1S/C19H15ClN2O4S/c1-22(27(24,25)18-8-2-15(20)3-9-18)16-4-6-17(7-5-16)26-19(23)14-10-12-21-13-11-14/h2-13H,1H3. The van der Waals surface area contributed by atoms with E-state index in [1.54, 1.807) is 24.3 Å². The third kappa shape index (κ3) is 4.27. The minimum Gasteiger partial charge on any atom is -0.423 e. The lowest BCUT2D eigenvalue weighted by Gasteiger charge is -2.19. The first-order valence-electron chi connectivity index (χ1n) is 7.85. The monoisotopic (exact) mass is 402 g/mol. The lowest BCUT2D eigenvalue weighted by atomic mass is 10.2. The van der Waals surface area contributed by atoms with Crippen molar-refractivity contribution in [1.82, 2.24) is 4.98 Å². The smallest absolute Gasteiger partial charge is 0.343 e. The zero-order chi connectivity index (χ0) is 19.4. The number of ether oxygens (including phenoxy) is 1. The molecule has 0 aliphatic carbocycles. The number of pyridine rings is 1. The first-order chi connectivity index (χ1) is 12.9. The minimum atomic E-state index is -3.73. The van der Waals surface area contributed by atoms with Crippen LogP contribution < -0.4 is 9.04 Å². The van der Waals surface area contributed by atoms with E-state index < -0.39 is 16.0 Å². The number of anilines is 1. The lowest BCUT2D eigenvalue weighted by molar-refractivity contribution is 0.0734. The molecule has 3 rings (SSSR count). The molecule has 0 saturated heterocycles. The van der Waals surface area contributed by atoms with Crippen LogP contribution in [0.5, 0.6) is 5.75 Å². The number of halogens is 1. The zero-order valence-electron chi connectivity index (χ0n) is 14.2. The van der Waals surface area contributed by atoms with Crippen molar-refractivity contribution in [2.45, 2.75) is 4.90 Å². The van der Waals surface area contributed by atoms with Gasteiger partial charge in [0.05, 0.1) is 16.1 Å². The Balaban J connectivity index is 1.76. The second-order valence-electron chi connectivity index (χ2n) is 5.55. The molecule has 0 bridgehead atoms. The Morgan fingerprint density at radius 2 is 1.56 bits per heavy atom. The topological polar surface area (TPSA) is 76.6 Å². The van der Waals surface area contributed by atoms with Crippen molar-refractivity contribution < 1.29 is 17.9 Å². The van der Waals surface area contributed by atoms with E-state index in [0.717, 1.165) is 4.31 Å². The van der Waals surface area contributed by atoms with E-state index in [1.807, 2.05) is 0 Å². The molecule has 6 nitrogen and oxygen atoms in total. The summed E-state index contributed by atoms with van der Waals surface area (Å²) in [5, 5.41) is 0.456. The number of hydrogen-bond acceptors (Lipinski definition) is 5. The van der Waals surface area contributed by atoms with E-state index in [4.69, 9.17) is 16.3 Å². The van der Waals surface area contributed by atoms with Crippen molar-refractivity contribution in [1.29, 1.82) is 0 Å². The van der Waals surface area contributed by atoms with Crippen molar-refractivity contribution >= 4 is 33.3 Å². The van der Waals surface area contributed by atoms with Gasteiger partial charge >= 0.3 is 5.97 Å². The SMILES string of the molecule is CN(c1ccc(OC(=O)c2ccncc2)cc1)S(=O)(=O)c1ccc(Cl)cc1. The van der Waals surface area contributed by atoms with Gasteiger partial charge in [-0.25, -0.2) is 13.2 Å². The Morgan fingerprint density at radius 3 is 2.15 bits per heavy atom. The predicted octanol–water partition coefficient (Wildman–Crippen LogP) is 3.78. The molecule has 0 fully saturated rings. The molecule has 0 radical (unpaired) electrons. The Labute approximate surface area is 162 Å². The summed E-state index contributed by atoms with van der Waals surface area (Å²) in [5.74, 6) is -0.217. The summed E-state index contributed by atoms with van der Waals surface area (Å²) in [6.07, 6.45) is 2.99. The van der Waals surface area contributed by atoms with Crippen molar-refractivity contribution in [3.63, 3.8) is 0 Å². The van der Waals surface area contributed by atoms with Gasteiger partial charge in [-0.3, -0.25) is 9.29 Å². The summed E-state index contributed by atoms with van der Waals surface area (Å²) in [5.41, 5.74) is 0.796. The highest BCUT2D eigenvalue weighted by Gasteiger charge is 2.21. The van der Waals surface area contributed by atoms with Crippen LogP contribution in [0.2, 0.25) is 5.02 Å². The first-order valence-corrected chi connectivity index (χ1v) is 9.66. The first kappa shape index (κ1) is 18.9. The van der Waals surface area contributed by atoms with E-state index in [1.165, 1.54) is 55.8 Å². The van der Waals surface area contributed by atoms with E-state index in [-0.39, 0.29) is 4.90 Å². The van der Waals surface area contributed by atoms with Crippen molar-refractivity contribution in [2.24, 2.45) is 0 Å². The van der Waals surface area contributed by atoms with Crippen molar-refractivity contribution in [3.05, 3.63) is 83.6 Å². The number of aromatic nitrogens is 1. The summed E-state index contributed by atoms with van der Waals surface area (Å²) in [6, 6.07) is 15.2. The van der Waals surface area contributed by atoms with Crippen LogP contribution in [0.1, 0.15) is 10.4 Å². The average molecular weight is 403 g/mol. The molecule has 27 heavy (non-hydrogen) atoms. The zero-order valence-corrected chi connectivity index (χ0v) is 15.8. The Hall–Kier alpha value is -2.90. The number of rotatable bonds is 5. The van der Waals surface area contributed by atoms with Crippen LogP contribution in [-0.4, -0.2) is 26.4 Å². The lowest BCUT2D eigenvalue weighted by Crippen LogP contribution is -2.26. The summed E-state index contributed by atoms with van der Waals surface area (Å²) in [6.45, 7) is 0. The van der Waals surface area contributed by atoms with Crippen molar-refractivity contribution in [2.75, 3.05) is 11.4 Å². The van der Waals surface area contributed by atoms with Crippen LogP contribution in [0.4, 0.5) is 5.69 Å². The van der Waals surface area contributed by atoms with Crippen LogP contribution in [-0.2, 0) is 10.0 Å². The van der Waals surface area contributed by atoms with Gasteiger partial charge in [-0.05, 0) is 60.7 Å². The normalized spacial score (nSPS) is 11.0. The van der Waals surface area contributed by atoms with Crippen LogP contribution in [0.15, 0.2) is 78.0 Å². The molecule has 0 N–H and O–H groups in total. The maximum Gasteiger partial charge on any atom is 0.343 e. The molecule has 0 spiro atoms. The van der Waals surface area contributed by atoms with Gasteiger partial charge < -0.3 is 4.74 Å². The largest absolute Gasteiger partial charge is 0.423 e. The molecule has 0 atom stereocenters. The van der Waals surface area contributed by atoms with Crippen LogP contribution in [0, 0.1) is 0 Å². The van der Waals surface area contributed by atoms with E-state index >= 15 is 0 Å². The van der Waals surface area contributed by atoms with Gasteiger partial charge in [0.25, 0.3) is 10.0 Å². The number of esters is 1. The number of carbonyl (C=O) groups is 1. The second kappa shape index (κ2) is 7.77. The fourth-order valence-electron chi connectivity index (χ4n) is 2.28. The van der Waals surface area contributed by atoms with E-state index in [0.29, 0.717) is 22.0 Å². The molecule has 1 aromatic heterocycles. The maximum atomic E-state index is 12.7. The van der Waals surface area contributed by atoms with Gasteiger partial charge in [0.2, 0.25) is 0 Å². The van der Waals surface area contributed by atoms with Gasteiger partial charge in [0, 0.05) is 24.5 Å². The molecule has 0 aliphatic rings. The number of hydrogen-bond donors (Lipinski definition) is 0. The second-order valence-corrected chi connectivity index (χ2v) is 7.95. The molecular weight excluding hydrogens is 388 g/mol. The molecule has 0 aliphatic heterocycles. The average Bonchev–Trinajstić information content (AvgIpc) is 2.69. The molecule has 2 aromatic carbocycles. The summed E-state index contributed by atoms with van der Waals surface area (Å²) in [4.78, 5) is 16.0. The van der Waals surface area contributed by atoms with Gasteiger partial charge in [-0.2, -0.15) is 0 Å².